The molecular formula is C13H14Cl2N2S. The minimum atomic E-state index is 0.448. The molecule has 0 aliphatic carbocycles. The largest absolute Gasteiger partial charge is 0.326 e. The molecule has 1 aromatic carbocycles. The summed E-state index contributed by atoms with van der Waals surface area (Å²) >= 11 is 14.1. The van der Waals surface area contributed by atoms with Crippen molar-refractivity contribution in [1.29, 1.82) is 0 Å². The molecule has 3 rings (SSSR count). The molecule has 1 aliphatic heterocycles. The molecule has 0 saturated carbocycles. The molecule has 5 heteroatoms. The van der Waals surface area contributed by atoms with E-state index in [1.807, 2.05) is 30.0 Å². The molecule has 0 bridgehead atoms. The lowest BCUT2D eigenvalue weighted by molar-refractivity contribution is 0.634. The molecule has 0 spiro atoms. The Balaban J connectivity index is 2.03. The fraction of sp³-hybridized carbons (Fsp3) is 0.462. The van der Waals surface area contributed by atoms with E-state index in [1.54, 1.807) is 0 Å². The Morgan fingerprint density at radius 1 is 1.44 bits per heavy atom. The minimum Gasteiger partial charge on any atom is -0.326 e. The van der Waals surface area contributed by atoms with E-state index < -0.39 is 0 Å². The van der Waals surface area contributed by atoms with E-state index in [4.69, 9.17) is 23.2 Å². The van der Waals surface area contributed by atoms with Gasteiger partial charge in [-0.2, -0.15) is 11.8 Å². The van der Waals surface area contributed by atoms with Gasteiger partial charge in [-0.15, -0.1) is 11.6 Å². The highest BCUT2D eigenvalue weighted by Gasteiger charge is 2.19. The first-order valence-corrected chi connectivity index (χ1v) is 8.06. The van der Waals surface area contributed by atoms with E-state index >= 15 is 0 Å². The number of aromatic nitrogens is 2. The summed E-state index contributed by atoms with van der Waals surface area (Å²) in [4.78, 5) is 4.58. The van der Waals surface area contributed by atoms with Crippen molar-refractivity contribution in [3.63, 3.8) is 0 Å². The van der Waals surface area contributed by atoms with Crippen molar-refractivity contribution in [1.82, 2.24) is 9.55 Å². The van der Waals surface area contributed by atoms with Crippen LogP contribution in [0.3, 0.4) is 0 Å². The summed E-state index contributed by atoms with van der Waals surface area (Å²) in [6.07, 6.45) is 2.60. The summed E-state index contributed by atoms with van der Waals surface area (Å²) < 4.78 is 2.23. The molecule has 1 aromatic heterocycles. The smallest absolute Gasteiger partial charge is 0.124 e. The molecule has 0 radical (unpaired) electrons. The number of thioether (sulfide) groups is 1. The SMILES string of the molecule is ClCc1nc2ccc(Cl)cc2n1CC1CCCS1. The number of benzene rings is 1. The second-order valence-corrected chi connectivity index (χ2v) is 6.65. The topological polar surface area (TPSA) is 17.8 Å². The first-order chi connectivity index (χ1) is 8.78. The molecule has 1 aliphatic rings. The fourth-order valence-corrected chi connectivity index (χ4v) is 4.07. The third-order valence-electron chi connectivity index (χ3n) is 3.32. The van der Waals surface area contributed by atoms with E-state index in [2.05, 4.69) is 9.55 Å². The Hall–Kier alpha value is -0.380. The number of hydrogen-bond acceptors (Lipinski definition) is 2. The van der Waals surface area contributed by atoms with Crippen molar-refractivity contribution in [2.45, 2.75) is 30.5 Å². The zero-order valence-corrected chi connectivity index (χ0v) is 12.2. The molecule has 96 valence electrons. The Kier molecular flexibility index (Phi) is 3.73. The van der Waals surface area contributed by atoms with Gasteiger partial charge in [0.2, 0.25) is 0 Å². The lowest BCUT2D eigenvalue weighted by Gasteiger charge is -2.12. The van der Waals surface area contributed by atoms with Gasteiger partial charge in [0.25, 0.3) is 0 Å². The van der Waals surface area contributed by atoms with Gasteiger partial charge in [-0.05, 0) is 36.8 Å². The van der Waals surface area contributed by atoms with Crippen molar-refractivity contribution in [3.05, 3.63) is 29.0 Å². The molecule has 2 aromatic rings. The van der Waals surface area contributed by atoms with Crippen LogP contribution in [0, 0.1) is 0 Å². The molecule has 18 heavy (non-hydrogen) atoms. The fourth-order valence-electron chi connectivity index (χ4n) is 2.44. The van der Waals surface area contributed by atoms with E-state index in [1.165, 1.54) is 18.6 Å². The Labute approximate surface area is 121 Å². The minimum absolute atomic E-state index is 0.448. The maximum Gasteiger partial charge on any atom is 0.124 e. The van der Waals surface area contributed by atoms with Crippen LogP contribution in [-0.2, 0) is 12.4 Å². The maximum atomic E-state index is 6.08. The van der Waals surface area contributed by atoms with E-state index in [0.717, 1.165) is 28.4 Å². The number of imidazole rings is 1. The molecule has 2 heterocycles. The monoisotopic (exact) mass is 300 g/mol. The highest BCUT2D eigenvalue weighted by atomic mass is 35.5. The van der Waals surface area contributed by atoms with Gasteiger partial charge in [0.15, 0.2) is 0 Å². The summed E-state index contributed by atoms with van der Waals surface area (Å²) in [5, 5.41) is 1.44. The predicted octanol–water partition coefficient (Wildman–Crippen LogP) is 4.32. The lowest BCUT2D eigenvalue weighted by atomic mass is 10.2. The number of nitrogens with zero attached hydrogens (tertiary/aromatic N) is 2. The molecule has 1 fully saturated rings. The van der Waals surface area contributed by atoms with Crippen molar-refractivity contribution >= 4 is 46.0 Å². The molecule has 2 nitrogen and oxygen atoms in total. The third-order valence-corrected chi connectivity index (χ3v) is 5.17. The predicted molar refractivity (Wildman–Crippen MR) is 79.8 cm³/mol. The molecule has 1 atom stereocenters. The number of hydrogen-bond donors (Lipinski definition) is 0. The summed E-state index contributed by atoms with van der Waals surface area (Å²) in [6.45, 7) is 0.990. The van der Waals surface area contributed by atoms with Crippen LogP contribution in [0.15, 0.2) is 18.2 Å². The van der Waals surface area contributed by atoms with Crippen LogP contribution in [-0.4, -0.2) is 20.6 Å². The third kappa shape index (κ3) is 2.36. The van der Waals surface area contributed by atoms with Crippen molar-refractivity contribution in [3.8, 4) is 0 Å². The van der Waals surface area contributed by atoms with Crippen molar-refractivity contribution in [2.24, 2.45) is 0 Å². The molecule has 1 unspecified atom stereocenters. The van der Waals surface area contributed by atoms with Gasteiger partial charge >= 0.3 is 0 Å². The van der Waals surface area contributed by atoms with Crippen LogP contribution in [0.2, 0.25) is 5.02 Å². The van der Waals surface area contributed by atoms with Gasteiger partial charge in [-0.1, -0.05) is 11.6 Å². The summed E-state index contributed by atoms with van der Waals surface area (Å²) in [7, 11) is 0. The lowest BCUT2D eigenvalue weighted by Crippen LogP contribution is -2.12. The number of fused-ring (bicyclic) bond motifs is 1. The van der Waals surface area contributed by atoms with Crippen LogP contribution in [0.4, 0.5) is 0 Å². The quantitative estimate of drug-likeness (QED) is 0.786. The highest BCUT2D eigenvalue weighted by molar-refractivity contribution is 8.00. The average Bonchev–Trinajstić information content (AvgIpc) is 2.98. The summed E-state index contributed by atoms with van der Waals surface area (Å²) in [6, 6.07) is 5.83. The summed E-state index contributed by atoms with van der Waals surface area (Å²) in [5.74, 6) is 2.67. The van der Waals surface area contributed by atoms with Gasteiger partial charge in [0.05, 0.1) is 16.9 Å². The molecule has 0 N–H and O–H groups in total. The van der Waals surface area contributed by atoms with Crippen LogP contribution < -0.4 is 0 Å². The van der Waals surface area contributed by atoms with Crippen molar-refractivity contribution in [2.75, 3.05) is 5.75 Å². The van der Waals surface area contributed by atoms with E-state index in [-0.39, 0.29) is 0 Å². The zero-order chi connectivity index (χ0) is 12.5. The van der Waals surface area contributed by atoms with E-state index in [9.17, 15) is 0 Å². The highest BCUT2D eigenvalue weighted by Crippen LogP contribution is 2.30. The Morgan fingerprint density at radius 2 is 2.33 bits per heavy atom. The molecule has 1 saturated heterocycles. The number of halogens is 2. The summed E-state index contributed by atoms with van der Waals surface area (Å²) in [5.41, 5.74) is 2.09. The first kappa shape index (κ1) is 12.6. The normalized spacial score (nSPS) is 19.8. The van der Waals surface area contributed by atoms with Gasteiger partial charge in [-0.25, -0.2) is 4.98 Å². The molecule has 0 amide bonds. The first-order valence-electron chi connectivity index (χ1n) is 6.10. The number of alkyl halides is 1. The van der Waals surface area contributed by atoms with Gasteiger partial charge < -0.3 is 4.57 Å². The Morgan fingerprint density at radius 3 is 3.06 bits per heavy atom. The standard InChI is InChI=1S/C13H14Cl2N2S/c14-7-13-16-11-4-3-9(15)6-12(11)17(13)8-10-2-1-5-18-10/h3-4,6,10H,1-2,5,7-8H2. The Bertz CT molecular complexity index is 561. The van der Waals surface area contributed by atoms with Crippen LogP contribution in [0.5, 0.6) is 0 Å². The second kappa shape index (κ2) is 5.32. The number of rotatable bonds is 3. The van der Waals surface area contributed by atoms with Crippen LogP contribution in [0.25, 0.3) is 11.0 Å². The van der Waals surface area contributed by atoms with Crippen molar-refractivity contribution < 1.29 is 0 Å². The van der Waals surface area contributed by atoms with E-state index in [0.29, 0.717) is 11.1 Å². The van der Waals surface area contributed by atoms with Crippen LogP contribution >= 0.6 is 35.0 Å². The molecular weight excluding hydrogens is 287 g/mol. The van der Waals surface area contributed by atoms with Gasteiger partial charge in [0, 0.05) is 16.8 Å². The zero-order valence-electron chi connectivity index (χ0n) is 9.90. The van der Waals surface area contributed by atoms with Gasteiger partial charge in [-0.3, -0.25) is 0 Å². The average molecular weight is 301 g/mol. The maximum absolute atomic E-state index is 6.08. The van der Waals surface area contributed by atoms with Crippen LogP contribution in [0.1, 0.15) is 18.7 Å². The van der Waals surface area contributed by atoms with Gasteiger partial charge in [0.1, 0.15) is 5.82 Å². The second-order valence-electron chi connectivity index (χ2n) is 4.54.